The van der Waals surface area contributed by atoms with Gasteiger partial charge in [0.25, 0.3) is 11.3 Å². The molecule has 0 saturated heterocycles. The van der Waals surface area contributed by atoms with Crippen molar-refractivity contribution in [1.29, 1.82) is 0 Å². The first kappa shape index (κ1) is 11.5. The molecule has 3 rings (SSSR count). The lowest BCUT2D eigenvalue weighted by atomic mass is 10.00. The van der Waals surface area contributed by atoms with Gasteiger partial charge in [0.1, 0.15) is 12.7 Å². The maximum atomic E-state index is 12.4. The van der Waals surface area contributed by atoms with Gasteiger partial charge in [-0.1, -0.05) is 13.8 Å². The highest BCUT2D eigenvalue weighted by atomic mass is 16.1. The van der Waals surface area contributed by atoms with E-state index in [2.05, 4.69) is 25.0 Å². The molecule has 0 aliphatic rings. The number of rotatable bonds is 2. The smallest absolute Gasteiger partial charge is 0.278 e. The van der Waals surface area contributed by atoms with Crippen molar-refractivity contribution in [2.75, 3.05) is 0 Å². The zero-order chi connectivity index (χ0) is 13.4. The SMILES string of the molecule is CC(C)c1c(-c2cncnc2)nc2nc[nH]n2c1=O. The average Bonchev–Trinajstić information content (AvgIpc) is 2.87. The van der Waals surface area contributed by atoms with E-state index in [4.69, 9.17) is 0 Å². The number of fused-ring (bicyclic) bond motifs is 1. The summed E-state index contributed by atoms with van der Waals surface area (Å²) in [5.41, 5.74) is 1.79. The molecule has 0 fully saturated rings. The summed E-state index contributed by atoms with van der Waals surface area (Å²) >= 11 is 0. The Kier molecular flexibility index (Phi) is 2.59. The van der Waals surface area contributed by atoms with E-state index in [9.17, 15) is 4.79 Å². The van der Waals surface area contributed by atoms with E-state index < -0.39 is 0 Å². The summed E-state index contributed by atoms with van der Waals surface area (Å²) in [7, 11) is 0. The summed E-state index contributed by atoms with van der Waals surface area (Å²) in [5.74, 6) is 0.378. The van der Waals surface area contributed by atoms with Gasteiger partial charge in [-0.15, -0.1) is 0 Å². The van der Waals surface area contributed by atoms with Gasteiger partial charge in [0.05, 0.1) is 5.69 Å². The number of nitrogens with one attached hydrogen (secondary N) is 1. The van der Waals surface area contributed by atoms with Crippen LogP contribution in [-0.4, -0.2) is 29.5 Å². The number of aromatic nitrogens is 6. The fourth-order valence-corrected chi connectivity index (χ4v) is 2.03. The van der Waals surface area contributed by atoms with Gasteiger partial charge in [-0.2, -0.15) is 4.52 Å². The molecule has 0 radical (unpaired) electrons. The van der Waals surface area contributed by atoms with Crippen LogP contribution in [0.2, 0.25) is 0 Å². The highest BCUT2D eigenvalue weighted by Crippen LogP contribution is 2.23. The Balaban J connectivity index is 2.40. The first-order valence-corrected chi connectivity index (χ1v) is 5.90. The van der Waals surface area contributed by atoms with E-state index in [0.29, 0.717) is 22.6 Å². The van der Waals surface area contributed by atoms with Crippen molar-refractivity contribution in [3.8, 4) is 11.3 Å². The van der Waals surface area contributed by atoms with Crippen LogP contribution in [0.4, 0.5) is 0 Å². The van der Waals surface area contributed by atoms with Crippen LogP contribution in [0.15, 0.2) is 29.8 Å². The largest absolute Gasteiger partial charge is 0.278 e. The van der Waals surface area contributed by atoms with Gasteiger partial charge in [0, 0.05) is 23.5 Å². The Hall–Kier alpha value is -2.57. The molecule has 0 amide bonds. The third-order valence-electron chi connectivity index (χ3n) is 2.88. The zero-order valence-electron chi connectivity index (χ0n) is 10.5. The van der Waals surface area contributed by atoms with Gasteiger partial charge >= 0.3 is 0 Å². The zero-order valence-corrected chi connectivity index (χ0v) is 10.5. The molecule has 0 aliphatic carbocycles. The maximum Gasteiger partial charge on any atom is 0.278 e. The van der Waals surface area contributed by atoms with Crippen molar-refractivity contribution < 1.29 is 0 Å². The molecule has 0 aromatic carbocycles. The van der Waals surface area contributed by atoms with Crippen LogP contribution in [0, 0.1) is 0 Å². The van der Waals surface area contributed by atoms with Crippen LogP contribution in [-0.2, 0) is 0 Å². The molecular weight excluding hydrogens is 244 g/mol. The van der Waals surface area contributed by atoms with E-state index in [-0.39, 0.29) is 11.5 Å². The number of H-pyrrole nitrogens is 1. The summed E-state index contributed by atoms with van der Waals surface area (Å²) in [6.45, 7) is 3.91. The third kappa shape index (κ3) is 1.79. The van der Waals surface area contributed by atoms with Crippen molar-refractivity contribution in [2.45, 2.75) is 19.8 Å². The first-order chi connectivity index (χ1) is 9.18. The highest BCUT2D eigenvalue weighted by molar-refractivity contribution is 5.63. The molecule has 1 N–H and O–H groups in total. The van der Waals surface area contributed by atoms with Crippen LogP contribution < -0.4 is 5.56 Å². The van der Waals surface area contributed by atoms with Gasteiger partial charge in [-0.05, 0) is 5.92 Å². The molecule has 3 heterocycles. The molecule has 0 spiro atoms. The predicted octanol–water partition coefficient (Wildman–Crippen LogP) is 0.998. The minimum Gasteiger partial charge on any atom is -0.278 e. The van der Waals surface area contributed by atoms with Crippen LogP contribution in [0.3, 0.4) is 0 Å². The molecule has 96 valence electrons. The molecular formula is C12H12N6O. The Morgan fingerprint density at radius 3 is 2.68 bits per heavy atom. The topological polar surface area (TPSA) is 88.8 Å². The third-order valence-corrected chi connectivity index (χ3v) is 2.88. The summed E-state index contributed by atoms with van der Waals surface area (Å²) in [6, 6.07) is 0. The van der Waals surface area contributed by atoms with Gasteiger partial charge in [0.15, 0.2) is 0 Å². The molecule has 7 heteroatoms. The Bertz CT molecular complexity index is 774. The lowest BCUT2D eigenvalue weighted by Gasteiger charge is -2.10. The van der Waals surface area contributed by atoms with Crippen LogP contribution in [0.25, 0.3) is 17.0 Å². The van der Waals surface area contributed by atoms with E-state index in [1.807, 2.05) is 13.8 Å². The van der Waals surface area contributed by atoms with Crippen LogP contribution in [0.1, 0.15) is 25.3 Å². The van der Waals surface area contributed by atoms with Gasteiger partial charge < -0.3 is 0 Å². The Morgan fingerprint density at radius 1 is 1.26 bits per heavy atom. The molecule has 0 saturated carbocycles. The van der Waals surface area contributed by atoms with Crippen molar-refractivity contribution in [1.82, 2.24) is 29.5 Å². The van der Waals surface area contributed by atoms with E-state index in [1.165, 1.54) is 17.2 Å². The van der Waals surface area contributed by atoms with E-state index in [1.54, 1.807) is 12.4 Å². The second-order valence-corrected chi connectivity index (χ2v) is 4.48. The van der Waals surface area contributed by atoms with Crippen molar-refractivity contribution in [3.63, 3.8) is 0 Å². The number of aromatic amines is 1. The minimum atomic E-state index is -0.142. The second-order valence-electron chi connectivity index (χ2n) is 4.48. The number of nitrogens with zero attached hydrogens (tertiary/aromatic N) is 5. The summed E-state index contributed by atoms with van der Waals surface area (Å²) in [4.78, 5) is 28.8. The van der Waals surface area contributed by atoms with E-state index in [0.717, 1.165) is 0 Å². The summed E-state index contributed by atoms with van der Waals surface area (Å²) in [5, 5.41) is 2.76. The van der Waals surface area contributed by atoms with Crippen molar-refractivity contribution in [3.05, 3.63) is 41.0 Å². The fraction of sp³-hybridized carbons (Fsp3) is 0.250. The quantitative estimate of drug-likeness (QED) is 0.738. The van der Waals surface area contributed by atoms with Gasteiger partial charge in [-0.3, -0.25) is 9.89 Å². The second kappa shape index (κ2) is 4.27. The molecule has 0 atom stereocenters. The highest BCUT2D eigenvalue weighted by Gasteiger charge is 2.18. The Labute approximate surface area is 108 Å². The van der Waals surface area contributed by atoms with Crippen molar-refractivity contribution in [2.24, 2.45) is 0 Å². The number of hydrogen-bond acceptors (Lipinski definition) is 5. The number of hydrogen-bond donors (Lipinski definition) is 1. The van der Waals surface area contributed by atoms with Crippen LogP contribution >= 0.6 is 0 Å². The minimum absolute atomic E-state index is 0.0374. The summed E-state index contributed by atoms with van der Waals surface area (Å²) < 4.78 is 1.34. The van der Waals surface area contributed by atoms with Crippen LogP contribution in [0.5, 0.6) is 0 Å². The van der Waals surface area contributed by atoms with Crippen molar-refractivity contribution >= 4 is 5.78 Å². The lowest BCUT2D eigenvalue weighted by Crippen LogP contribution is -2.22. The molecule has 3 aromatic heterocycles. The van der Waals surface area contributed by atoms with Gasteiger partial charge in [0.2, 0.25) is 0 Å². The van der Waals surface area contributed by atoms with Gasteiger partial charge in [-0.25, -0.2) is 19.9 Å². The summed E-state index contributed by atoms with van der Waals surface area (Å²) in [6.07, 6.45) is 6.17. The monoisotopic (exact) mass is 256 g/mol. The molecule has 0 aliphatic heterocycles. The predicted molar refractivity (Wildman–Crippen MR) is 68.7 cm³/mol. The fourth-order valence-electron chi connectivity index (χ4n) is 2.03. The first-order valence-electron chi connectivity index (χ1n) is 5.90. The standard InChI is InChI=1S/C12H12N6O/c1-7(2)9-10(8-3-13-5-14-4-8)17-12-15-6-16-18(12)11(9)19/h3-7H,1-2H3,(H,15,16,17). The molecule has 7 nitrogen and oxygen atoms in total. The lowest BCUT2D eigenvalue weighted by molar-refractivity contribution is 0.796. The maximum absolute atomic E-state index is 12.4. The molecule has 3 aromatic rings. The molecule has 19 heavy (non-hydrogen) atoms. The molecule has 0 bridgehead atoms. The molecule has 0 unspecified atom stereocenters. The Morgan fingerprint density at radius 2 is 2.00 bits per heavy atom. The normalized spacial score (nSPS) is 11.3. The van der Waals surface area contributed by atoms with E-state index >= 15 is 0 Å². The average molecular weight is 256 g/mol.